The predicted octanol–water partition coefficient (Wildman–Crippen LogP) is 2.64. The molecule has 1 N–H and O–H groups in total. The first-order valence-corrected chi connectivity index (χ1v) is 5.42. The predicted molar refractivity (Wildman–Crippen MR) is 61.0 cm³/mol. The molecule has 4 nitrogen and oxygen atoms in total. The van der Waals surface area contributed by atoms with E-state index in [1.165, 1.54) is 12.1 Å². The maximum absolute atomic E-state index is 12.3. The molecule has 0 bridgehead atoms. The van der Waals surface area contributed by atoms with Crippen molar-refractivity contribution in [1.29, 1.82) is 0 Å². The monoisotopic (exact) mass is 275 g/mol. The van der Waals surface area contributed by atoms with Gasteiger partial charge in [0.1, 0.15) is 0 Å². The summed E-state index contributed by atoms with van der Waals surface area (Å²) in [5.41, 5.74) is -0.634. The number of carbonyl (C=O) groups is 1. The van der Waals surface area contributed by atoms with Crippen LogP contribution in [-0.2, 0) is 22.1 Å². The number of hydrogen-bond donors (Lipinski definition) is 1. The first kappa shape index (κ1) is 15.0. The minimum absolute atomic E-state index is 0.104. The van der Waals surface area contributed by atoms with Crippen LogP contribution in [0.5, 0.6) is 0 Å². The van der Waals surface area contributed by atoms with Crippen molar-refractivity contribution in [1.82, 2.24) is 0 Å². The molecule has 0 unspecified atom stereocenters. The summed E-state index contributed by atoms with van der Waals surface area (Å²) in [4.78, 5) is 11.3. The normalized spacial score (nSPS) is 12.3. The highest BCUT2D eigenvalue weighted by molar-refractivity contribution is 6.36. The lowest BCUT2D eigenvalue weighted by atomic mass is 10.1. The first-order chi connectivity index (χ1) is 8.88. The van der Waals surface area contributed by atoms with E-state index in [0.717, 1.165) is 12.1 Å². The Labute approximate surface area is 107 Å². The second kappa shape index (κ2) is 6.21. The smallest absolute Gasteiger partial charge is 0.416 e. The SMILES string of the molecule is CCOC(=O)/C(Cc1ccc(C(F)(F)F)cc1)=N\O. The van der Waals surface area contributed by atoms with Crippen molar-refractivity contribution < 1.29 is 27.9 Å². The highest BCUT2D eigenvalue weighted by Crippen LogP contribution is 2.29. The van der Waals surface area contributed by atoms with Crippen LogP contribution in [0.25, 0.3) is 0 Å². The van der Waals surface area contributed by atoms with Crippen LogP contribution in [0.1, 0.15) is 18.1 Å². The Balaban J connectivity index is 2.80. The van der Waals surface area contributed by atoms with E-state index in [-0.39, 0.29) is 18.7 Å². The first-order valence-electron chi connectivity index (χ1n) is 5.42. The van der Waals surface area contributed by atoms with Crippen molar-refractivity contribution in [3.63, 3.8) is 0 Å². The summed E-state index contributed by atoms with van der Waals surface area (Å²) in [6.07, 6.45) is -4.51. The second-order valence-corrected chi connectivity index (χ2v) is 3.64. The van der Waals surface area contributed by atoms with Gasteiger partial charge in [-0.25, -0.2) is 4.79 Å². The molecule has 19 heavy (non-hydrogen) atoms. The van der Waals surface area contributed by atoms with Gasteiger partial charge in [0.05, 0.1) is 12.2 Å². The molecule has 0 atom stereocenters. The van der Waals surface area contributed by atoms with Crippen LogP contribution in [-0.4, -0.2) is 23.5 Å². The van der Waals surface area contributed by atoms with Gasteiger partial charge >= 0.3 is 12.1 Å². The number of alkyl halides is 3. The number of nitrogens with zero attached hydrogens (tertiary/aromatic N) is 1. The van der Waals surface area contributed by atoms with Crippen molar-refractivity contribution in [2.75, 3.05) is 6.61 Å². The number of carbonyl (C=O) groups excluding carboxylic acids is 1. The topological polar surface area (TPSA) is 58.9 Å². The number of hydrogen-bond acceptors (Lipinski definition) is 4. The lowest BCUT2D eigenvalue weighted by Gasteiger charge is -2.08. The number of ether oxygens (including phenoxy) is 1. The zero-order chi connectivity index (χ0) is 14.5. The van der Waals surface area contributed by atoms with Crippen LogP contribution in [0.3, 0.4) is 0 Å². The summed E-state index contributed by atoms with van der Waals surface area (Å²) in [7, 11) is 0. The third-order valence-corrected chi connectivity index (χ3v) is 2.28. The standard InChI is InChI=1S/C12H12F3NO3/c1-2-19-11(17)10(16-18)7-8-3-5-9(6-4-8)12(13,14)15/h3-6,18H,2,7H2,1H3/b16-10-. The number of rotatable bonds is 4. The summed E-state index contributed by atoms with van der Waals surface area (Å²) < 4.78 is 41.7. The number of benzene rings is 1. The number of esters is 1. The van der Waals surface area contributed by atoms with Crippen molar-refractivity contribution >= 4 is 11.7 Å². The molecule has 1 aromatic carbocycles. The average molecular weight is 275 g/mol. The molecule has 0 saturated carbocycles. The summed E-state index contributed by atoms with van der Waals surface area (Å²) in [5.74, 6) is -0.801. The molecule has 0 radical (unpaired) electrons. The molecule has 0 aliphatic rings. The van der Waals surface area contributed by atoms with Gasteiger partial charge in [0.15, 0.2) is 5.71 Å². The van der Waals surface area contributed by atoms with Gasteiger partial charge in [-0.2, -0.15) is 13.2 Å². The Hall–Kier alpha value is -2.05. The molecule has 0 fully saturated rings. The lowest BCUT2D eigenvalue weighted by Crippen LogP contribution is -2.20. The maximum atomic E-state index is 12.3. The molecule has 1 aromatic rings. The van der Waals surface area contributed by atoms with E-state index in [1.807, 2.05) is 0 Å². The van der Waals surface area contributed by atoms with Crippen LogP contribution < -0.4 is 0 Å². The number of oxime groups is 1. The zero-order valence-corrected chi connectivity index (χ0v) is 10.1. The molecule has 0 spiro atoms. The van der Waals surface area contributed by atoms with Crippen molar-refractivity contribution in [2.24, 2.45) is 5.16 Å². The van der Waals surface area contributed by atoms with Crippen molar-refractivity contribution in [2.45, 2.75) is 19.5 Å². The Morgan fingerprint density at radius 2 is 1.89 bits per heavy atom. The zero-order valence-electron chi connectivity index (χ0n) is 10.1. The Bertz CT molecular complexity index is 466. The van der Waals surface area contributed by atoms with Gasteiger partial charge in [0, 0.05) is 6.42 Å². The summed E-state index contributed by atoms with van der Waals surface area (Å²) in [5, 5.41) is 11.5. The quantitative estimate of drug-likeness (QED) is 0.398. The van der Waals surface area contributed by atoms with Gasteiger partial charge in [0.2, 0.25) is 0 Å². The molecule has 0 amide bonds. The van der Waals surface area contributed by atoms with Gasteiger partial charge in [0.25, 0.3) is 0 Å². The van der Waals surface area contributed by atoms with Gasteiger partial charge < -0.3 is 9.94 Å². The lowest BCUT2D eigenvalue weighted by molar-refractivity contribution is -0.137. The molecule has 0 aromatic heterocycles. The van der Waals surface area contributed by atoms with Crippen LogP contribution >= 0.6 is 0 Å². The average Bonchev–Trinajstić information content (AvgIpc) is 2.35. The van der Waals surface area contributed by atoms with Gasteiger partial charge in [-0.1, -0.05) is 17.3 Å². The molecular weight excluding hydrogens is 263 g/mol. The Morgan fingerprint density at radius 1 is 1.32 bits per heavy atom. The largest absolute Gasteiger partial charge is 0.461 e. The van der Waals surface area contributed by atoms with Crippen molar-refractivity contribution in [3.05, 3.63) is 35.4 Å². The maximum Gasteiger partial charge on any atom is 0.416 e. The number of halogens is 3. The Morgan fingerprint density at radius 3 is 2.32 bits per heavy atom. The molecule has 7 heteroatoms. The summed E-state index contributed by atoms with van der Waals surface area (Å²) in [6.45, 7) is 1.70. The van der Waals surface area contributed by atoms with Crippen LogP contribution in [0.15, 0.2) is 29.4 Å². The van der Waals surface area contributed by atoms with E-state index in [1.54, 1.807) is 6.92 Å². The van der Waals surface area contributed by atoms with E-state index in [4.69, 9.17) is 5.21 Å². The highest BCUT2D eigenvalue weighted by atomic mass is 19.4. The van der Waals surface area contributed by atoms with E-state index in [0.29, 0.717) is 5.56 Å². The minimum atomic E-state index is -4.41. The van der Waals surface area contributed by atoms with Crippen LogP contribution in [0, 0.1) is 0 Å². The van der Waals surface area contributed by atoms with E-state index in [9.17, 15) is 18.0 Å². The molecule has 0 heterocycles. The summed E-state index contributed by atoms with van der Waals surface area (Å²) in [6, 6.07) is 4.23. The summed E-state index contributed by atoms with van der Waals surface area (Å²) >= 11 is 0. The van der Waals surface area contributed by atoms with E-state index >= 15 is 0 Å². The van der Waals surface area contributed by atoms with Gasteiger partial charge in [-0.05, 0) is 24.6 Å². The van der Waals surface area contributed by atoms with Gasteiger partial charge in [-0.3, -0.25) is 0 Å². The molecule has 0 aliphatic carbocycles. The van der Waals surface area contributed by atoms with Crippen LogP contribution in [0.2, 0.25) is 0 Å². The molecule has 104 valence electrons. The van der Waals surface area contributed by atoms with E-state index in [2.05, 4.69) is 9.89 Å². The fraction of sp³-hybridized carbons (Fsp3) is 0.333. The van der Waals surface area contributed by atoms with Gasteiger partial charge in [-0.15, -0.1) is 0 Å². The molecular formula is C12H12F3NO3. The fourth-order valence-electron chi connectivity index (χ4n) is 1.37. The Kier molecular flexibility index (Phi) is 4.91. The highest BCUT2D eigenvalue weighted by Gasteiger charge is 2.30. The third kappa shape index (κ3) is 4.27. The molecule has 0 saturated heterocycles. The fourth-order valence-corrected chi connectivity index (χ4v) is 1.37. The van der Waals surface area contributed by atoms with E-state index < -0.39 is 17.7 Å². The molecule has 1 rings (SSSR count). The van der Waals surface area contributed by atoms with Crippen LogP contribution in [0.4, 0.5) is 13.2 Å². The third-order valence-electron chi connectivity index (χ3n) is 2.28. The molecule has 0 aliphatic heterocycles. The van der Waals surface area contributed by atoms with Crippen molar-refractivity contribution in [3.8, 4) is 0 Å². The minimum Gasteiger partial charge on any atom is -0.461 e. The second-order valence-electron chi connectivity index (χ2n) is 3.64.